The van der Waals surface area contributed by atoms with Gasteiger partial charge in [0.1, 0.15) is 17.4 Å². The molecule has 0 spiro atoms. The molecule has 1 N–H and O–H groups in total. The number of halogens is 1. The fraction of sp³-hybridized carbons (Fsp3) is 0.263. The van der Waals surface area contributed by atoms with Crippen molar-refractivity contribution in [3.63, 3.8) is 0 Å². The molecule has 1 aliphatic heterocycles. The lowest BCUT2D eigenvalue weighted by Gasteiger charge is -2.11. The number of carbonyl (C=O) groups excluding carboxylic acids is 1. The molecule has 1 fully saturated rings. The molecule has 2 aromatic rings. The van der Waals surface area contributed by atoms with E-state index in [1.54, 1.807) is 11.9 Å². The largest absolute Gasteiger partial charge is 0.497 e. The van der Waals surface area contributed by atoms with Gasteiger partial charge in [-0.25, -0.2) is 4.39 Å². The van der Waals surface area contributed by atoms with E-state index in [0.29, 0.717) is 12.3 Å². The number of anilines is 1. The van der Waals surface area contributed by atoms with Crippen molar-refractivity contribution >= 4 is 27.5 Å². The summed E-state index contributed by atoms with van der Waals surface area (Å²) < 4.78 is 48.0. The molecule has 148 valence electrons. The third kappa shape index (κ3) is 4.30. The van der Waals surface area contributed by atoms with Crippen molar-refractivity contribution in [1.29, 1.82) is 0 Å². The summed E-state index contributed by atoms with van der Waals surface area (Å²) in [5.74, 6) is -0.638. The van der Waals surface area contributed by atoms with Gasteiger partial charge in [0, 0.05) is 31.8 Å². The molecule has 0 bridgehead atoms. The average Bonchev–Trinajstić information content (AvgIpc) is 3.05. The Balaban J connectivity index is 1.83. The summed E-state index contributed by atoms with van der Waals surface area (Å²) >= 11 is 0. The average molecular weight is 405 g/mol. The maximum Gasteiger partial charge on any atom is 0.284 e. The topological polar surface area (TPSA) is 88.1 Å². The van der Waals surface area contributed by atoms with Crippen LogP contribution in [0.5, 0.6) is 5.75 Å². The molecule has 0 saturated carbocycles. The van der Waals surface area contributed by atoms with Gasteiger partial charge in [-0.1, -0.05) is 6.07 Å². The van der Waals surface area contributed by atoms with Gasteiger partial charge in [-0.2, -0.15) is 8.42 Å². The Morgan fingerprint density at radius 2 is 2.04 bits per heavy atom. The monoisotopic (exact) mass is 405 g/mol. The normalized spacial score (nSPS) is 15.7. The Labute approximate surface area is 162 Å². The number of rotatable bonds is 5. The summed E-state index contributed by atoms with van der Waals surface area (Å²) in [5.41, 5.74) is 0.0446. The van der Waals surface area contributed by atoms with Crippen LogP contribution in [0.25, 0.3) is 0 Å². The number of benzene rings is 2. The highest BCUT2D eigenvalue weighted by Crippen LogP contribution is 2.22. The molecular formula is C19H20FN3O4S. The maximum absolute atomic E-state index is 14.1. The summed E-state index contributed by atoms with van der Waals surface area (Å²) in [5, 5.41) is 2.51. The van der Waals surface area contributed by atoms with E-state index in [2.05, 4.69) is 9.71 Å². The van der Waals surface area contributed by atoms with Crippen LogP contribution in [0.15, 0.2) is 51.8 Å². The summed E-state index contributed by atoms with van der Waals surface area (Å²) in [6.07, 6.45) is 1.46. The zero-order valence-corrected chi connectivity index (χ0v) is 16.3. The minimum Gasteiger partial charge on any atom is -0.497 e. The molecule has 0 radical (unpaired) electrons. The lowest BCUT2D eigenvalue weighted by atomic mass is 10.2. The van der Waals surface area contributed by atoms with E-state index in [4.69, 9.17) is 4.74 Å². The SMILES string of the molecule is COc1ccc(C(=O)Nc2cccc(S(=O)(=O)/N=C3/CCCN3C)c2)c(F)c1. The standard InChI is InChI=1S/C19H20FN3O4S/c1-23-10-4-7-18(23)22-28(25,26)15-6-3-5-13(11-15)21-19(24)16-9-8-14(27-2)12-17(16)20/h3,5-6,8-9,11-12H,4,7,10H2,1-2H3,(H,21,24)/b22-18-. The zero-order chi connectivity index (χ0) is 20.3. The third-order valence-corrected chi connectivity index (χ3v) is 5.67. The highest BCUT2D eigenvalue weighted by molar-refractivity contribution is 7.90. The Morgan fingerprint density at radius 3 is 2.68 bits per heavy atom. The summed E-state index contributed by atoms with van der Waals surface area (Å²) in [7, 11) is -0.723. The first kappa shape index (κ1) is 19.8. The Bertz CT molecular complexity index is 1040. The molecule has 7 nitrogen and oxygen atoms in total. The molecule has 1 amide bonds. The molecule has 2 aromatic carbocycles. The van der Waals surface area contributed by atoms with Gasteiger partial charge in [0.25, 0.3) is 15.9 Å². The van der Waals surface area contributed by atoms with Crippen LogP contribution in [0.4, 0.5) is 10.1 Å². The Kier molecular flexibility index (Phi) is 5.64. The molecule has 9 heteroatoms. The van der Waals surface area contributed by atoms with Gasteiger partial charge >= 0.3 is 0 Å². The first-order valence-corrected chi connectivity index (χ1v) is 10.0. The van der Waals surface area contributed by atoms with Gasteiger partial charge in [-0.3, -0.25) is 4.79 Å². The molecule has 0 unspecified atom stereocenters. The number of carbonyl (C=O) groups is 1. The van der Waals surface area contributed by atoms with Crippen molar-refractivity contribution in [1.82, 2.24) is 4.90 Å². The summed E-state index contributed by atoms with van der Waals surface area (Å²) in [6, 6.07) is 9.58. The number of hydrogen-bond acceptors (Lipinski definition) is 4. The van der Waals surface area contributed by atoms with Crippen LogP contribution in [0.3, 0.4) is 0 Å². The number of nitrogens with one attached hydrogen (secondary N) is 1. The molecule has 0 aliphatic carbocycles. The number of amides is 1. The van der Waals surface area contributed by atoms with Crippen molar-refractivity contribution in [3.8, 4) is 5.75 Å². The van der Waals surface area contributed by atoms with Gasteiger partial charge in [0.05, 0.1) is 17.6 Å². The van der Waals surface area contributed by atoms with E-state index >= 15 is 0 Å². The van der Waals surface area contributed by atoms with Crippen LogP contribution < -0.4 is 10.1 Å². The third-order valence-electron chi connectivity index (χ3n) is 4.37. The Hall–Kier alpha value is -2.94. The van der Waals surface area contributed by atoms with Gasteiger partial charge in [0.2, 0.25) is 0 Å². The van der Waals surface area contributed by atoms with E-state index < -0.39 is 21.7 Å². The lowest BCUT2D eigenvalue weighted by molar-refractivity contribution is 0.102. The van der Waals surface area contributed by atoms with Crippen LogP contribution in [0.2, 0.25) is 0 Å². The minimum atomic E-state index is -3.91. The molecule has 0 aromatic heterocycles. The molecule has 1 saturated heterocycles. The molecule has 3 rings (SSSR count). The van der Waals surface area contributed by atoms with Crippen LogP contribution >= 0.6 is 0 Å². The number of amidine groups is 1. The van der Waals surface area contributed by atoms with Crippen molar-refractivity contribution in [3.05, 3.63) is 53.8 Å². The van der Waals surface area contributed by atoms with Crippen LogP contribution in [0.1, 0.15) is 23.2 Å². The number of methoxy groups -OCH3 is 1. The van der Waals surface area contributed by atoms with Gasteiger partial charge in [0.15, 0.2) is 0 Å². The highest BCUT2D eigenvalue weighted by atomic mass is 32.2. The molecule has 28 heavy (non-hydrogen) atoms. The number of likely N-dealkylation sites (tertiary alicyclic amines) is 1. The number of nitrogens with zero attached hydrogens (tertiary/aromatic N) is 2. The number of sulfonamides is 1. The first-order chi connectivity index (χ1) is 13.3. The van der Waals surface area contributed by atoms with Crippen LogP contribution in [-0.4, -0.2) is 45.8 Å². The zero-order valence-electron chi connectivity index (χ0n) is 15.5. The smallest absolute Gasteiger partial charge is 0.284 e. The van der Waals surface area contributed by atoms with E-state index in [0.717, 1.165) is 19.0 Å². The van der Waals surface area contributed by atoms with Gasteiger partial charge < -0.3 is 15.0 Å². The second-order valence-corrected chi connectivity index (χ2v) is 7.94. The fourth-order valence-corrected chi connectivity index (χ4v) is 3.98. The molecule has 0 atom stereocenters. The summed E-state index contributed by atoms with van der Waals surface area (Å²) in [6.45, 7) is 0.762. The van der Waals surface area contributed by atoms with Crippen molar-refractivity contribution in [2.24, 2.45) is 4.40 Å². The number of hydrogen-bond donors (Lipinski definition) is 1. The van der Waals surface area contributed by atoms with Crippen molar-refractivity contribution in [2.45, 2.75) is 17.7 Å². The van der Waals surface area contributed by atoms with Crippen molar-refractivity contribution in [2.75, 3.05) is 26.0 Å². The van der Waals surface area contributed by atoms with Gasteiger partial charge in [-0.05, 0) is 36.8 Å². The molecular weight excluding hydrogens is 385 g/mol. The predicted octanol–water partition coefficient (Wildman–Crippen LogP) is 2.90. The van der Waals surface area contributed by atoms with Crippen LogP contribution in [-0.2, 0) is 10.0 Å². The Morgan fingerprint density at radius 1 is 1.25 bits per heavy atom. The van der Waals surface area contributed by atoms with E-state index in [1.807, 2.05) is 0 Å². The highest BCUT2D eigenvalue weighted by Gasteiger charge is 2.21. The minimum absolute atomic E-state index is 0.0479. The first-order valence-electron chi connectivity index (χ1n) is 8.60. The maximum atomic E-state index is 14.1. The summed E-state index contributed by atoms with van der Waals surface area (Å²) in [4.78, 5) is 14.1. The van der Waals surface area contributed by atoms with E-state index in [-0.39, 0.29) is 21.9 Å². The van der Waals surface area contributed by atoms with E-state index in [1.165, 1.54) is 43.5 Å². The molecule has 1 aliphatic rings. The van der Waals surface area contributed by atoms with Crippen LogP contribution in [0, 0.1) is 5.82 Å². The fourth-order valence-electron chi connectivity index (χ4n) is 2.84. The van der Waals surface area contributed by atoms with E-state index in [9.17, 15) is 17.6 Å². The quantitative estimate of drug-likeness (QED) is 0.826. The van der Waals surface area contributed by atoms with Gasteiger partial charge in [-0.15, -0.1) is 4.40 Å². The number of ether oxygens (including phenoxy) is 1. The van der Waals surface area contributed by atoms with Crippen molar-refractivity contribution < 1.29 is 22.3 Å². The lowest BCUT2D eigenvalue weighted by Crippen LogP contribution is -2.20. The molecule has 1 heterocycles. The second-order valence-electron chi connectivity index (χ2n) is 6.34. The second kappa shape index (κ2) is 7.97. The predicted molar refractivity (Wildman–Crippen MR) is 104 cm³/mol.